The van der Waals surface area contributed by atoms with Crippen LogP contribution in [0.5, 0.6) is 0 Å². The van der Waals surface area contributed by atoms with E-state index in [9.17, 15) is 0 Å². The fourth-order valence-corrected chi connectivity index (χ4v) is 7.50. The summed E-state index contributed by atoms with van der Waals surface area (Å²) in [5.41, 5.74) is 1.51. The van der Waals surface area contributed by atoms with E-state index in [0.29, 0.717) is 5.92 Å². The number of allylic oxidation sites excluding steroid dienone is 2. The fourth-order valence-electron chi connectivity index (χ4n) is 7.50. The van der Waals surface area contributed by atoms with Gasteiger partial charge in [0.15, 0.2) is 0 Å². The lowest BCUT2D eigenvalue weighted by Gasteiger charge is -2.32. The van der Waals surface area contributed by atoms with Crippen LogP contribution in [0.25, 0.3) is 0 Å². The highest BCUT2D eigenvalue weighted by molar-refractivity contribution is 4.95. The average molecular weight is 573 g/mol. The topological polar surface area (TPSA) is 0 Å². The maximum absolute atomic E-state index is 4.52. The minimum atomic E-state index is 0.659. The molecule has 0 aliphatic carbocycles. The van der Waals surface area contributed by atoms with Gasteiger partial charge in [-0.15, -0.1) is 6.58 Å². The normalized spacial score (nSPS) is 16.2. The second kappa shape index (κ2) is 28.3. The predicted molar refractivity (Wildman–Crippen MR) is 191 cm³/mol. The summed E-state index contributed by atoms with van der Waals surface area (Å²) in [6.07, 6.45) is 35.7. The van der Waals surface area contributed by atoms with E-state index in [0.717, 1.165) is 29.6 Å². The van der Waals surface area contributed by atoms with Gasteiger partial charge in [-0.2, -0.15) is 0 Å². The minimum Gasteiger partial charge on any atom is -0.103 e. The molecule has 0 aliphatic rings. The predicted octanol–water partition coefficient (Wildman–Crippen LogP) is 14.9. The molecule has 0 fully saturated rings. The maximum atomic E-state index is 4.52. The summed E-state index contributed by atoms with van der Waals surface area (Å²) >= 11 is 0. The van der Waals surface area contributed by atoms with Crippen LogP contribution in [0.1, 0.15) is 203 Å². The molecule has 0 heterocycles. The summed E-state index contributed by atoms with van der Waals surface area (Å²) in [4.78, 5) is 0. The molecule has 0 N–H and O–H groups in total. The van der Waals surface area contributed by atoms with Gasteiger partial charge in [-0.1, -0.05) is 176 Å². The monoisotopic (exact) mass is 573 g/mol. The Hall–Kier alpha value is -0.520. The van der Waals surface area contributed by atoms with Crippen LogP contribution >= 0.6 is 0 Å². The van der Waals surface area contributed by atoms with Crippen LogP contribution in [0.3, 0.4) is 0 Å². The zero-order chi connectivity index (χ0) is 30.7. The van der Waals surface area contributed by atoms with Crippen LogP contribution in [-0.2, 0) is 0 Å². The van der Waals surface area contributed by atoms with Gasteiger partial charge >= 0.3 is 0 Å². The van der Waals surface area contributed by atoms with E-state index < -0.39 is 0 Å². The third-order valence-electron chi connectivity index (χ3n) is 10.3. The first-order chi connectivity index (χ1) is 19.8. The highest BCUT2D eigenvalue weighted by Gasteiger charge is 2.25. The lowest BCUT2D eigenvalue weighted by molar-refractivity contribution is 0.206. The SMILES string of the molecule is C=CC(CC)C(C)C(CCCC(=C)CC(C)CCCCCCCC)CC(C)CC(C)CCCCCCCCCCC. The van der Waals surface area contributed by atoms with Gasteiger partial charge < -0.3 is 0 Å². The van der Waals surface area contributed by atoms with Crippen molar-refractivity contribution < 1.29 is 0 Å². The molecule has 0 spiro atoms. The van der Waals surface area contributed by atoms with E-state index in [1.165, 1.54) is 160 Å². The third kappa shape index (κ3) is 23.6. The van der Waals surface area contributed by atoms with Crippen molar-refractivity contribution in [1.29, 1.82) is 0 Å². The van der Waals surface area contributed by atoms with E-state index in [1.54, 1.807) is 0 Å². The number of hydrogen-bond donors (Lipinski definition) is 0. The maximum Gasteiger partial charge on any atom is -0.0210 e. The first-order valence-corrected chi connectivity index (χ1v) is 19.1. The Labute approximate surface area is 262 Å². The van der Waals surface area contributed by atoms with Crippen LogP contribution in [0.2, 0.25) is 0 Å². The second-order valence-electron chi connectivity index (χ2n) is 14.7. The van der Waals surface area contributed by atoms with Crippen molar-refractivity contribution >= 4 is 0 Å². The summed E-state index contributed by atoms with van der Waals surface area (Å²) in [5.74, 6) is 4.74. The molecule has 0 amide bonds. The third-order valence-corrected chi connectivity index (χ3v) is 10.3. The molecule has 0 saturated carbocycles. The fraction of sp³-hybridized carbons (Fsp3) is 0.902. The average Bonchev–Trinajstić information content (AvgIpc) is 2.94. The molecule has 0 aromatic heterocycles. The van der Waals surface area contributed by atoms with Crippen molar-refractivity contribution in [2.45, 2.75) is 203 Å². The van der Waals surface area contributed by atoms with E-state index in [1.807, 2.05) is 0 Å². The van der Waals surface area contributed by atoms with Crippen molar-refractivity contribution in [2.24, 2.45) is 35.5 Å². The Kier molecular flexibility index (Phi) is 27.9. The van der Waals surface area contributed by atoms with Gasteiger partial charge in [0.05, 0.1) is 0 Å². The van der Waals surface area contributed by atoms with Crippen molar-refractivity contribution in [3.05, 3.63) is 24.8 Å². The molecule has 0 heteroatoms. The van der Waals surface area contributed by atoms with Crippen molar-refractivity contribution in [1.82, 2.24) is 0 Å². The van der Waals surface area contributed by atoms with Crippen LogP contribution in [-0.4, -0.2) is 0 Å². The second-order valence-corrected chi connectivity index (χ2v) is 14.7. The van der Waals surface area contributed by atoms with Crippen molar-refractivity contribution in [2.75, 3.05) is 0 Å². The first kappa shape index (κ1) is 40.5. The molecular weight excluding hydrogens is 492 g/mol. The summed E-state index contributed by atoms with van der Waals surface area (Å²) in [5, 5.41) is 0. The quantitative estimate of drug-likeness (QED) is 0.0572. The lowest BCUT2D eigenvalue weighted by Crippen LogP contribution is -2.22. The van der Waals surface area contributed by atoms with E-state index >= 15 is 0 Å². The van der Waals surface area contributed by atoms with Gasteiger partial charge in [-0.3, -0.25) is 0 Å². The molecule has 41 heavy (non-hydrogen) atoms. The Morgan fingerprint density at radius 1 is 0.561 bits per heavy atom. The van der Waals surface area contributed by atoms with E-state index in [2.05, 4.69) is 67.7 Å². The lowest BCUT2D eigenvalue weighted by atomic mass is 9.74. The van der Waals surface area contributed by atoms with Crippen LogP contribution < -0.4 is 0 Å². The van der Waals surface area contributed by atoms with Crippen LogP contribution in [0.15, 0.2) is 24.8 Å². The summed E-state index contributed by atoms with van der Waals surface area (Å²) < 4.78 is 0. The van der Waals surface area contributed by atoms with Crippen LogP contribution in [0.4, 0.5) is 0 Å². The van der Waals surface area contributed by atoms with Gasteiger partial charge in [-0.05, 0) is 80.5 Å². The Balaban J connectivity index is 4.45. The highest BCUT2D eigenvalue weighted by Crippen LogP contribution is 2.35. The van der Waals surface area contributed by atoms with Gasteiger partial charge in [0, 0.05) is 0 Å². The van der Waals surface area contributed by atoms with E-state index in [-0.39, 0.29) is 0 Å². The Morgan fingerprint density at radius 3 is 1.54 bits per heavy atom. The summed E-state index contributed by atoms with van der Waals surface area (Å²) in [7, 11) is 0. The standard InChI is InChI=1S/C41H80/c1-10-14-16-18-20-21-22-24-26-29-36(6)33-38(8)34-41(39(9)40(12-3)13-4)31-27-30-37(7)32-35(5)28-25-23-19-17-15-11-2/h12,35-36,38-41H,3,7,10-11,13-34H2,1-2,4-6,8-9H3. The molecular formula is C41H80. The molecule has 0 aromatic carbocycles. The molecule has 0 rings (SSSR count). The molecule has 244 valence electrons. The Bertz CT molecular complexity index is 573. The summed E-state index contributed by atoms with van der Waals surface area (Å²) in [6.45, 7) is 25.7. The Morgan fingerprint density at radius 2 is 1.05 bits per heavy atom. The van der Waals surface area contributed by atoms with Crippen LogP contribution in [0, 0.1) is 35.5 Å². The molecule has 0 bridgehead atoms. The molecule has 0 radical (unpaired) electrons. The molecule has 0 nitrogen and oxygen atoms in total. The molecule has 0 saturated heterocycles. The van der Waals surface area contributed by atoms with Crippen molar-refractivity contribution in [3.8, 4) is 0 Å². The molecule has 6 unspecified atom stereocenters. The van der Waals surface area contributed by atoms with Gasteiger partial charge in [0.25, 0.3) is 0 Å². The highest BCUT2D eigenvalue weighted by atomic mass is 14.3. The minimum absolute atomic E-state index is 0.659. The zero-order valence-electron chi connectivity index (χ0n) is 29.9. The number of hydrogen-bond acceptors (Lipinski definition) is 0. The molecule has 0 aliphatic heterocycles. The van der Waals surface area contributed by atoms with Crippen molar-refractivity contribution in [3.63, 3.8) is 0 Å². The number of rotatable bonds is 31. The van der Waals surface area contributed by atoms with E-state index in [4.69, 9.17) is 0 Å². The largest absolute Gasteiger partial charge is 0.103 e. The zero-order valence-corrected chi connectivity index (χ0v) is 29.9. The number of unbranched alkanes of at least 4 members (excludes halogenated alkanes) is 13. The van der Waals surface area contributed by atoms with Gasteiger partial charge in [0.2, 0.25) is 0 Å². The first-order valence-electron chi connectivity index (χ1n) is 19.1. The summed E-state index contributed by atoms with van der Waals surface area (Å²) in [6, 6.07) is 0. The molecule has 6 atom stereocenters. The van der Waals surface area contributed by atoms with Gasteiger partial charge in [-0.25, -0.2) is 0 Å². The van der Waals surface area contributed by atoms with Gasteiger partial charge in [0.1, 0.15) is 0 Å². The smallest absolute Gasteiger partial charge is 0.0210 e. The molecule has 0 aromatic rings.